The molecule has 4 aliphatic heterocycles. The molecule has 1 unspecified atom stereocenters. The van der Waals surface area contributed by atoms with Gasteiger partial charge in [0.05, 0.1) is 25.3 Å². The first-order valence-electron chi connectivity index (χ1n) is 17.1. The molecule has 6 heterocycles. The van der Waals surface area contributed by atoms with Crippen molar-refractivity contribution in [2.24, 2.45) is 7.05 Å². The van der Waals surface area contributed by atoms with Gasteiger partial charge >= 0.3 is 6.18 Å². The first-order chi connectivity index (χ1) is 23.9. The molecule has 14 heteroatoms. The molecule has 0 bridgehead atoms. The Morgan fingerprint density at radius 1 is 1.10 bits per heavy atom. The van der Waals surface area contributed by atoms with Gasteiger partial charge in [0.25, 0.3) is 11.8 Å². The maximum Gasteiger partial charge on any atom is 0.416 e. The van der Waals surface area contributed by atoms with E-state index in [1.807, 2.05) is 28.6 Å². The number of alkyl halides is 3. The summed E-state index contributed by atoms with van der Waals surface area (Å²) in [6, 6.07) is 6.98. The summed E-state index contributed by atoms with van der Waals surface area (Å²) in [7, 11) is 1.87. The molecule has 0 saturated carbocycles. The maximum absolute atomic E-state index is 14.6. The molecule has 7 rings (SSSR count). The first-order valence-corrected chi connectivity index (χ1v) is 17.1. The van der Waals surface area contributed by atoms with Crippen LogP contribution in [0.25, 0.3) is 0 Å². The molecule has 50 heavy (non-hydrogen) atoms. The van der Waals surface area contributed by atoms with Crippen molar-refractivity contribution in [1.29, 1.82) is 0 Å². The summed E-state index contributed by atoms with van der Waals surface area (Å²) in [6.07, 6.45) is 0.830. The van der Waals surface area contributed by atoms with Crippen molar-refractivity contribution in [1.82, 2.24) is 30.0 Å². The number of nitrogens with zero attached hydrogens (tertiary/aromatic N) is 7. The number of amides is 2. The fourth-order valence-corrected chi connectivity index (χ4v) is 7.63. The van der Waals surface area contributed by atoms with E-state index in [0.29, 0.717) is 69.7 Å². The molecule has 264 valence electrons. The molecule has 0 aliphatic carbocycles. The molecular formula is C36H41F3N8O3. The average molecular weight is 691 g/mol. The third-order valence-corrected chi connectivity index (χ3v) is 10.5. The van der Waals surface area contributed by atoms with E-state index in [1.165, 1.54) is 11.0 Å². The zero-order valence-electron chi connectivity index (χ0n) is 28.5. The second-order valence-corrected chi connectivity index (χ2v) is 14.0. The molecule has 4 aliphatic rings. The van der Waals surface area contributed by atoms with Crippen LogP contribution in [0.15, 0.2) is 30.6 Å². The Morgan fingerprint density at radius 2 is 1.86 bits per heavy atom. The monoisotopic (exact) mass is 690 g/mol. The van der Waals surface area contributed by atoms with Crippen LogP contribution in [0.2, 0.25) is 0 Å². The van der Waals surface area contributed by atoms with E-state index in [2.05, 4.69) is 34.3 Å². The van der Waals surface area contributed by atoms with Crippen molar-refractivity contribution in [3.05, 3.63) is 64.2 Å². The highest BCUT2D eigenvalue weighted by molar-refractivity contribution is 6.10. The highest BCUT2D eigenvalue weighted by Crippen LogP contribution is 2.42. The Kier molecular flexibility index (Phi) is 9.07. The number of carbonyl (C=O) groups is 2. The van der Waals surface area contributed by atoms with Crippen LogP contribution in [0.1, 0.15) is 71.5 Å². The van der Waals surface area contributed by atoms with Gasteiger partial charge in [0, 0.05) is 62.7 Å². The molecule has 3 aromatic rings. The summed E-state index contributed by atoms with van der Waals surface area (Å²) >= 11 is 0. The van der Waals surface area contributed by atoms with Gasteiger partial charge in [-0.15, -0.1) is 10.2 Å². The van der Waals surface area contributed by atoms with Crippen molar-refractivity contribution in [2.45, 2.75) is 76.2 Å². The van der Waals surface area contributed by atoms with Gasteiger partial charge in [-0.2, -0.15) is 13.2 Å². The number of ether oxygens (including phenoxy) is 1. The lowest BCUT2D eigenvalue weighted by molar-refractivity contribution is -0.138. The number of fused-ring (bicyclic) bond motifs is 1. The third kappa shape index (κ3) is 6.56. The number of aryl methyl sites for hydroxylation is 1. The molecule has 2 aromatic heterocycles. The molecule has 11 nitrogen and oxygen atoms in total. The number of halogens is 3. The van der Waals surface area contributed by atoms with E-state index in [-0.39, 0.29) is 35.4 Å². The number of benzene rings is 1. The van der Waals surface area contributed by atoms with Gasteiger partial charge in [-0.25, -0.2) is 4.98 Å². The lowest BCUT2D eigenvalue weighted by Crippen LogP contribution is -2.50. The van der Waals surface area contributed by atoms with Gasteiger partial charge in [-0.1, -0.05) is 12.3 Å². The van der Waals surface area contributed by atoms with E-state index >= 15 is 0 Å². The van der Waals surface area contributed by atoms with Crippen LogP contribution in [0, 0.1) is 11.8 Å². The van der Waals surface area contributed by atoms with Crippen molar-refractivity contribution in [2.75, 3.05) is 49.2 Å². The van der Waals surface area contributed by atoms with Gasteiger partial charge in [-0.05, 0) is 80.0 Å². The SMILES string of the molecule is CC#CC(=O)N1CCN(c2cc(C3(Cc4nncn4C)COC3)cc(N3Cc4c(cc(CC5CCC[C@H](C)N5)cc4C(F)(F)F)C3=O)n2)CC1. The zero-order chi connectivity index (χ0) is 35.2. The minimum absolute atomic E-state index is 0.0325. The number of aromatic nitrogens is 4. The van der Waals surface area contributed by atoms with E-state index < -0.39 is 23.1 Å². The highest BCUT2D eigenvalue weighted by atomic mass is 19.4. The lowest BCUT2D eigenvalue weighted by atomic mass is 9.75. The van der Waals surface area contributed by atoms with Crippen molar-refractivity contribution in [3.63, 3.8) is 0 Å². The average Bonchev–Trinajstić information content (AvgIpc) is 3.63. The van der Waals surface area contributed by atoms with Gasteiger partial charge in [-0.3, -0.25) is 14.5 Å². The maximum atomic E-state index is 14.6. The summed E-state index contributed by atoms with van der Waals surface area (Å²) in [4.78, 5) is 36.6. The second-order valence-electron chi connectivity index (χ2n) is 14.0. The van der Waals surface area contributed by atoms with Crippen molar-refractivity contribution < 1.29 is 27.5 Å². The predicted octanol–water partition coefficient (Wildman–Crippen LogP) is 3.65. The Bertz CT molecular complexity index is 1850. The summed E-state index contributed by atoms with van der Waals surface area (Å²) in [5.41, 5.74) is 0.0940. The predicted molar refractivity (Wildman–Crippen MR) is 180 cm³/mol. The third-order valence-electron chi connectivity index (χ3n) is 10.5. The van der Waals surface area contributed by atoms with Crippen LogP contribution < -0.4 is 15.1 Å². The van der Waals surface area contributed by atoms with Crippen LogP contribution in [0.5, 0.6) is 0 Å². The Labute approximate surface area is 289 Å². The van der Waals surface area contributed by atoms with Crippen LogP contribution in [0.3, 0.4) is 0 Å². The molecular weight excluding hydrogens is 649 g/mol. The Hall–Kier alpha value is -4.48. The van der Waals surface area contributed by atoms with Crippen LogP contribution in [0.4, 0.5) is 24.8 Å². The van der Waals surface area contributed by atoms with E-state index in [9.17, 15) is 22.8 Å². The normalized spacial score (nSPS) is 21.8. The van der Waals surface area contributed by atoms with E-state index in [0.717, 1.165) is 30.7 Å². The Morgan fingerprint density at radius 3 is 2.50 bits per heavy atom. The number of nitrogens with one attached hydrogen (secondary N) is 1. The van der Waals surface area contributed by atoms with Gasteiger partial charge in [0.1, 0.15) is 23.8 Å². The van der Waals surface area contributed by atoms with Gasteiger partial charge < -0.3 is 24.4 Å². The van der Waals surface area contributed by atoms with Crippen molar-refractivity contribution in [3.8, 4) is 11.8 Å². The minimum Gasteiger partial charge on any atom is -0.379 e. The van der Waals surface area contributed by atoms with Gasteiger partial charge in [0.2, 0.25) is 0 Å². The molecule has 2 amide bonds. The summed E-state index contributed by atoms with van der Waals surface area (Å²) in [6.45, 7) is 6.06. The van der Waals surface area contributed by atoms with Crippen molar-refractivity contribution >= 4 is 23.5 Å². The number of rotatable bonds is 7. The quantitative estimate of drug-likeness (QED) is 0.375. The largest absolute Gasteiger partial charge is 0.416 e. The van der Waals surface area contributed by atoms with E-state index in [4.69, 9.17) is 9.72 Å². The number of hydrogen-bond acceptors (Lipinski definition) is 8. The Balaban J connectivity index is 1.25. The zero-order valence-corrected chi connectivity index (χ0v) is 28.5. The number of pyridine rings is 1. The molecule has 1 aromatic carbocycles. The molecule has 3 fully saturated rings. The second kappa shape index (κ2) is 13.3. The first kappa shape index (κ1) is 34.0. The number of carbonyl (C=O) groups excluding carboxylic acids is 2. The number of piperidine rings is 1. The summed E-state index contributed by atoms with van der Waals surface area (Å²) in [5, 5.41) is 11.8. The van der Waals surface area contributed by atoms with Gasteiger partial charge in [0.15, 0.2) is 0 Å². The smallest absolute Gasteiger partial charge is 0.379 e. The fraction of sp³-hybridized carbons (Fsp3) is 0.528. The lowest BCUT2D eigenvalue weighted by Gasteiger charge is -2.42. The van der Waals surface area contributed by atoms with Crippen LogP contribution in [-0.2, 0) is 47.6 Å². The standard InChI is InChI=1S/C36H41F3N8O3/c1-4-6-33(48)46-11-9-45(10-12-46)30-16-25(35(20-50-21-35)18-32-43-40-22-44(32)3)17-31(42-30)47-19-28-27(34(47)49)14-24(15-29(28)36(37,38)39)13-26-8-5-7-23(2)41-26/h14-17,22-23,26,41H,5,7-13,18-21H2,1-3H3/t23-,26?/m0/s1. The fourth-order valence-electron chi connectivity index (χ4n) is 7.63. The molecule has 3 saturated heterocycles. The minimum atomic E-state index is -4.63. The number of hydrogen-bond donors (Lipinski definition) is 1. The molecule has 0 spiro atoms. The molecule has 1 N–H and O–H groups in total. The molecule has 2 atom stereocenters. The number of anilines is 2. The summed E-state index contributed by atoms with van der Waals surface area (Å²) < 4.78 is 51.4. The highest BCUT2D eigenvalue weighted by Gasteiger charge is 2.45. The molecule has 0 radical (unpaired) electrons. The van der Waals surface area contributed by atoms with Crippen LogP contribution in [-0.4, -0.2) is 87.9 Å². The summed E-state index contributed by atoms with van der Waals surface area (Å²) in [5.74, 6) is 6.11. The van der Waals surface area contributed by atoms with Crippen LogP contribution >= 0.6 is 0 Å². The topological polar surface area (TPSA) is 109 Å². The number of piperazine rings is 1. The van der Waals surface area contributed by atoms with E-state index in [1.54, 1.807) is 24.2 Å².